The van der Waals surface area contributed by atoms with Gasteiger partial charge in [-0.25, -0.2) is 4.99 Å². The molecule has 7 heteroatoms. The van der Waals surface area contributed by atoms with Crippen molar-refractivity contribution in [2.45, 2.75) is 6.42 Å². The quantitative estimate of drug-likeness (QED) is 0.439. The van der Waals surface area contributed by atoms with Crippen LogP contribution in [0.3, 0.4) is 0 Å². The number of nitrogens with two attached hydrogens (primary N) is 1. The third kappa shape index (κ3) is 5.16. The van der Waals surface area contributed by atoms with E-state index in [4.69, 9.17) is 21.6 Å². The molecule has 138 valence electrons. The summed E-state index contributed by atoms with van der Waals surface area (Å²) in [6.07, 6.45) is 6.18. The summed E-state index contributed by atoms with van der Waals surface area (Å²) < 4.78 is 11.2. The molecule has 1 heterocycles. The van der Waals surface area contributed by atoms with Crippen LogP contribution in [0.2, 0.25) is 0 Å². The number of hydrogen-bond donors (Lipinski definition) is 3. The van der Waals surface area contributed by atoms with Gasteiger partial charge in [-0.1, -0.05) is 12.0 Å². The van der Waals surface area contributed by atoms with Crippen molar-refractivity contribution >= 4 is 23.2 Å². The molecule has 0 saturated carbocycles. The molecule has 0 aliphatic carbocycles. The van der Waals surface area contributed by atoms with Gasteiger partial charge in [0.1, 0.15) is 6.54 Å². The van der Waals surface area contributed by atoms with Crippen molar-refractivity contribution in [2.24, 2.45) is 10.7 Å². The Bertz CT molecular complexity index is 902. The van der Waals surface area contributed by atoms with E-state index in [0.29, 0.717) is 41.7 Å². The number of nitrogens with zero attached hydrogens (tertiary/aromatic N) is 1. The molecule has 0 atom stereocenters. The van der Waals surface area contributed by atoms with E-state index in [2.05, 4.69) is 21.5 Å². The van der Waals surface area contributed by atoms with Gasteiger partial charge in [-0.3, -0.25) is 4.79 Å². The molecule has 1 amide bonds. The van der Waals surface area contributed by atoms with Crippen LogP contribution in [-0.4, -0.2) is 31.6 Å². The summed E-state index contributed by atoms with van der Waals surface area (Å²) in [7, 11) is 0. The van der Waals surface area contributed by atoms with Gasteiger partial charge in [0, 0.05) is 29.4 Å². The zero-order valence-corrected chi connectivity index (χ0v) is 14.7. The maximum atomic E-state index is 12.0. The molecule has 7 nitrogen and oxygen atoms in total. The van der Waals surface area contributed by atoms with E-state index in [9.17, 15) is 4.79 Å². The first-order valence-electron chi connectivity index (χ1n) is 8.47. The highest BCUT2D eigenvalue weighted by Crippen LogP contribution is 2.32. The minimum Gasteiger partial charge on any atom is -0.490 e. The monoisotopic (exact) mass is 364 g/mol. The maximum absolute atomic E-state index is 12.0. The number of hydrogen-bond acceptors (Lipinski definition) is 4. The number of anilines is 2. The number of fused-ring (bicyclic) bond motifs is 1. The number of carbonyl (C=O) groups is 1. The number of ether oxygens (including phenoxy) is 2. The van der Waals surface area contributed by atoms with Gasteiger partial charge in [-0.15, -0.1) is 6.42 Å². The normalized spacial score (nSPS) is 13.2. The highest BCUT2D eigenvalue weighted by atomic mass is 16.5. The van der Waals surface area contributed by atoms with E-state index in [1.807, 2.05) is 0 Å². The Morgan fingerprint density at radius 3 is 2.70 bits per heavy atom. The van der Waals surface area contributed by atoms with E-state index in [1.54, 1.807) is 42.5 Å². The van der Waals surface area contributed by atoms with Crippen molar-refractivity contribution in [3.8, 4) is 23.8 Å². The standard InChI is InChI=1S/C20H20N4O3/c1-2-14-5-3-6-15(11-14)23-19(25)13-22-20(21)24-16-7-8-17-18(12-16)27-10-4-9-26-17/h1,3,5-8,11-12H,4,9-10,13H2,(H,23,25)(H3,21,22,24). The molecular formula is C20H20N4O3. The first-order valence-corrected chi connectivity index (χ1v) is 8.47. The lowest BCUT2D eigenvalue weighted by Gasteiger charge is -2.10. The number of amides is 1. The molecule has 1 aliphatic rings. The summed E-state index contributed by atoms with van der Waals surface area (Å²) in [5.41, 5.74) is 7.86. The lowest BCUT2D eigenvalue weighted by atomic mass is 10.2. The van der Waals surface area contributed by atoms with Gasteiger partial charge >= 0.3 is 0 Å². The largest absolute Gasteiger partial charge is 0.490 e. The number of guanidine groups is 1. The molecule has 27 heavy (non-hydrogen) atoms. The van der Waals surface area contributed by atoms with Crippen LogP contribution in [0.1, 0.15) is 12.0 Å². The minimum atomic E-state index is -0.299. The number of terminal acetylenes is 1. The van der Waals surface area contributed by atoms with Crippen molar-refractivity contribution in [3.05, 3.63) is 48.0 Å². The number of rotatable bonds is 4. The summed E-state index contributed by atoms with van der Waals surface area (Å²) >= 11 is 0. The minimum absolute atomic E-state index is 0.121. The summed E-state index contributed by atoms with van der Waals surface area (Å²) in [4.78, 5) is 16.1. The van der Waals surface area contributed by atoms with Crippen LogP contribution >= 0.6 is 0 Å². The SMILES string of the molecule is C#Cc1cccc(NC(=O)CN=C(N)Nc2ccc3c(c2)OCCCO3)c1. The molecule has 2 aromatic rings. The fourth-order valence-electron chi connectivity index (χ4n) is 2.47. The summed E-state index contributed by atoms with van der Waals surface area (Å²) in [6.45, 7) is 1.10. The molecule has 1 aliphatic heterocycles. The third-order valence-electron chi connectivity index (χ3n) is 3.73. The zero-order valence-electron chi connectivity index (χ0n) is 14.7. The van der Waals surface area contributed by atoms with Gasteiger partial charge in [0.05, 0.1) is 13.2 Å². The topological polar surface area (TPSA) is 98.0 Å². The fraction of sp³-hybridized carbons (Fsp3) is 0.200. The number of aliphatic imine (C=N–C) groups is 1. The van der Waals surface area contributed by atoms with Crippen LogP contribution < -0.4 is 25.8 Å². The smallest absolute Gasteiger partial charge is 0.246 e. The Balaban J connectivity index is 1.57. The third-order valence-corrected chi connectivity index (χ3v) is 3.73. The first-order chi connectivity index (χ1) is 13.1. The van der Waals surface area contributed by atoms with Crippen LogP contribution in [0.5, 0.6) is 11.5 Å². The van der Waals surface area contributed by atoms with Crippen LogP contribution in [0.25, 0.3) is 0 Å². The average Bonchev–Trinajstić information content (AvgIpc) is 2.91. The molecule has 3 rings (SSSR count). The van der Waals surface area contributed by atoms with Gasteiger partial charge in [-0.05, 0) is 30.3 Å². The Labute approximate surface area is 157 Å². The highest BCUT2D eigenvalue weighted by Gasteiger charge is 2.11. The van der Waals surface area contributed by atoms with E-state index in [1.165, 1.54) is 0 Å². The Morgan fingerprint density at radius 1 is 1.11 bits per heavy atom. The van der Waals surface area contributed by atoms with Gasteiger partial charge in [0.25, 0.3) is 0 Å². The Morgan fingerprint density at radius 2 is 1.89 bits per heavy atom. The molecule has 0 spiro atoms. The molecule has 0 saturated heterocycles. The molecule has 0 unspecified atom stereocenters. The molecule has 0 fully saturated rings. The van der Waals surface area contributed by atoms with Crippen LogP contribution in [0.4, 0.5) is 11.4 Å². The predicted molar refractivity (Wildman–Crippen MR) is 105 cm³/mol. The first kappa shape index (κ1) is 18.1. The molecule has 0 radical (unpaired) electrons. The lowest BCUT2D eigenvalue weighted by molar-refractivity contribution is -0.114. The van der Waals surface area contributed by atoms with Crippen LogP contribution in [0, 0.1) is 12.3 Å². The van der Waals surface area contributed by atoms with Crippen LogP contribution in [0.15, 0.2) is 47.5 Å². The van der Waals surface area contributed by atoms with E-state index >= 15 is 0 Å². The average molecular weight is 364 g/mol. The van der Waals surface area contributed by atoms with Gasteiger partial charge in [0.2, 0.25) is 5.91 Å². The Hall–Kier alpha value is -3.66. The molecular weight excluding hydrogens is 344 g/mol. The molecule has 2 aromatic carbocycles. The van der Waals surface area contributed by atoms with Gasteiger partial charge in [0.15, 0.2) is 17.5 Å². The summed E-state index contributed by atoms with van der Waals surface area (Å²) in [5, 5.41) is 5.66. The number of benzene rings is 2. The van der Waals surface area contributed by atoms with Crippen molar-refractivity contribution < 1.29 is 14.3 Å². The lowest BCUT2D eigenvalue weighted by Crippen LogP contribution is -2.25. The second-order valence-corrected chi connectivity index (χ2v) is 5.81. The summed E-state index contributed by atoms with van der Waals surface area (Å²) in [5.74, 6) is 3.69. The molecule has 0 aromatic heterocycles. The zero-order chi connectivity index (χ0) is 19.1. The predicted octanol–water partition coefficient (Wildman–Crippen LogP) is 2.19. The van der Waals surface area contributed by atoms with Crippen molar-refractivity contribution in [2.75, 3.05) is 30.4 Å². The van der Waals surface area contributed by atoms with E-state index in [0.717, 1.165) is 6.42 Å². The highest BCUT2D eigenvalue weighted by molar-refractivity contribution is 5.97. The van der Waals surface area contributed by atoms with E-state index in [-0.39, 0.29) is 18.4 Å². The maximum Gasteiger partial charge on any atom is 0.246 e. The Kier molecular flexibility index (Phi) is 5.80. The van der Waals surface area contributed by atoms with Crippen LogP contribution in [-0.2, 0) is 4.79 Å². The number of nitrogens with one attached hydrogen (secondary N) is 2. The molecule has 4 N–H and O–H groups in total. The van der Waals surface area contributed by atoms with Crippen molar-refractivity contribution in [3.63, 3.8) is 0 Å². The van der Waals surface area contributed by atoms with Crippen molar-refractivity contribution in [1.82, 2.24) is 0 Å². The molecule has 0 bridgehead atoms. The van der Waals surface area contributed by atoms with Crippen molar-refractivity contribution in [1.29, 1.82) is 0 Å². The summed E-state index contributed by atoms with van der Waals surface area (Å²) in [6, 6.07) is 12.4. The second-order valence-electron chi connectivity index (χ2n) is 5.81. The van der Waals surface area contributed by atoms with Gasteiger partial charge < -0.3 is 25.8 Å². The number of carbonyl (C=O) groups excluding carboxylic acids is 1. The second kappa shape index (κ2) is 8.63. The van der Waals surface area contributed by atoms with E-state index < -0.39 is 0 Å². The van der Waals surface area contributed by atoms with Gasteiger partial charge in [-0.2, -0.15) is 0 Å². The fourth-order valence-corrected chi connectivity index (χ4v) is 2.47.